The Bertz CT molecular complexity index is 1340. The maximum absolute atomic E-state index is 13.4. The number of benzene rings is 2. The average Bonchev–Trinajstić information content (AvgIpc) is 3.40. The summed E-state index contributed by atoms with van der Waals surface area (Å²) in [7, 11) is -3.79. The molecule has 174 valence electrons. The van der Waals surface area contributed by atoms with Gasteiger partial charge in [0.05, 0.1) is 0 Å². The maximum Gasteiger partial charge on any atom is 0.270 e. The van der Waals surface area contributed by atoms with Gasteiger partial charge in [-0.2, -0.15) is 4.31 Å². The van der Waals surface area contributed by atoms with Crippen LogP contribution in [0.4, 0.5) is 0 Å². The molecule has 0 aliphatic rings. The van der Waals surface area contributed by atoms with Crippen LogP contribution >= 0.6 is 11.3 Å². The Morgan fingerprint density at radius 1 is 0.882 bits per heavy atom. The van der Waals surface area contributed by atoms with Crippen molar-refractivity contribution in [3.8, 4) is 11.4 Å². The Labute approximate surface area is 203 Å². The van der Waals surface area contributed by atoms with E-state index in [4.69, 9.17) is 0 Å². The van der Waals surface area contributed by atoms with E-state index in [1.807, 2.05) is 48.5 Å². The third-order valence-corrected chi connectivity index (χ3v) is 8.19. The summed E-state index contributed by atoms with van der Waals surface area (Å²) in [6.07, 6.45) is 5.95. The monoisotopic (exact) mass is 492 g/mol. The largest absolute Gasteiger partial charge is 0.300 e. The molecule has 2 heterocycles. The van der Waals surface area contributed by atoms with E-state index >= 15 is 0 Å². The molecule has 2 aromatic carbocycles. The molecule has 2 aromatic heterocycles. The minimum Gasteiger partial charge on any atom is -0.300 e. The van der Waals surface area contributed by atoms with Gasteiger partial charge in [-0.15, -0.1) is 11.3 Å². The molecule has 0 spiro atoms. The minimum atomic E-state index is -3.79. The Kier molecular flexibility index (Phi) is 7.56. The number of aromatic nitrogens is 3. The molecule has 4 aromatic rings. The van der Waals surface area contributed by atoms with Crippen LogP contribution < -0.4 is 0 Å². The number of hydrogen-bond donors (Lipinski definition) is 0. The first-order valence-corrected chi connectivity index (χ1v) is 13.1. The van der Waals surface area contributed by atoms with Gasteiger partial charge in [-0.25, -0.2) is 23.4 Å². The molecule has 9 heteroatoms. The topological polar surface area (TPSA) is 93.1 Å². The van der Waals surface area contributed by atoms with Crippen molar-refractivity contribution in [3.63, 3.8) is 0 Å². The predicted octanol–water partition coefficient (Wildman–Crippen LogP) is 4.51. The second-order valence-corrected chi connectivity index (χ2v) is 10.9. The van der Waals surface area contributed by atoms with Crippen molar-refractivity contribution >= 4 is 27.1 Å². The summed E-state index contributed by atoms with van der Waals surface area (Å²) in [5.41, 5.74) is 3.56. The summed E-state index contributed by atoms with van der Waals surface area (Å²) in [4.78, 5) is 23.9. The molecule has 0 radical (unpaired) electrons. The molecule has 0 aliphatic carbocycles. The molecule has 7 nitrogen and oxygen atoms in total. The zero-order valence-electron chi connectivity index (χ0n) is 18.7. The van der Waals surface area contributed by atoms with Crippen molar-refractivity contribution in [1.29, 1.82) is 0 Å². The van der Waals surface area contributed by atoms with Crippen LogP contribution in [0.2, 0.25) is 0 Å². The lowest BCUT2D eigenvalue weighted by atomic mass is 10.0. The first kappa shape index (κ1) is 23.9. The fraction of sp³-hybridized carbons (Fsp3) is 0.200. The SMILES string of the molecule is CC(=O)CCc1cccc(CN(Cc2ccc(-c3ncccn3)cc2)S(=O)(=O)c2nccs2)c1. The van der Waals surface area contributed by atoms with Gasteiger partial charge in [-0.1, -0.05) is 48.5 Å². The number of Topliss-reactive ketones (excluding diaryl/α,β-unsaturated/α-hetero) is 1. The normalized spacial score (nSPS) is 11.6. The number of aryl methyl sites for hydroxylation is 1. The van der Waals surface area contributed by atoms with Crippen LogP contribution in [0, 0.1) is 0 Å². The van der Waals surface area contributed by atoms with E-state index in [0.29, 0.717) is 18.7 Å². The number of ketones is 1. The Balaban J connectivity index is 1.59. The molecule has 34 heavy (non-hydrogen) atoms. The van der Waals surface area contributed by atoms with Crippen molar-refractivity contribution in [3.05, 3.63) is 95.3 Å². The van der Waals surface area contributed by atoms with Crippen LogP contribution in [0.25, 0.3) is 11.4 Å². The molecule has 0 N–H and O–H groups in total. The number of thiazole rings is 1. The second-order valence-electron chi connectivity index (χ2n) is 7.86. The highest BCUT2D eigenvalue weighted by Gasteiger charge is 2.27. The van der Waals surface area contributed by atoms with Gasteiger partial charge in [-0.05, 0) is 36.1 Å². The van der Waals surface area contributed by atoms with Gasteiger partial charge < -0.3 is 4.79 Å². The zero-order chi connectivity index (χ0) is 24.0. The molecule has 0 saturated carbocycles. The minimum absolute atomic E-state index is 0.0644. The lowest BCUT2D eigenvalue weighted by Crippen LogP contribution is -2.30. The molecule has 0 bridgehead atoms. The third-order valence-electron chi connectivity index (χ3n) is 5.22. The quantitative estimate of drug-likeness (QED) is 0.323. The van der Waals surface area contributed by atoms with Crippen LogP contribution in [0.1, 0.15) is 30.0 Å². The van der Waals surface area contributed by atoms with E-state index in [1.54, 1.807) is 30.8 Å². The van der Waals surface area contributed by atoms with Gasteiger partial charge in [0.1, 0.15) is 5.78 Å². The van der Waals surface area contributed by atoms with E-state index in [-0.39, 0.29) is 23.2 Å². The summed E-state index contributed by atoms with van der Waals surface area (Å²) in [5.74, 6) is 0.742. The van der Waals surface area contributed by atoms with Crippen molar-refractivity contribution < 1.29 is 13.2 Å². The van der Waals surface area contributed by atoms with Crippen molar-refractivity contribution in [2.24, 2.45) is 0 Å². The smallest absolute Gasteiger partial charge is 0.270 e. The molecule has 0 aliphatic heterocycles. The molecule has 0 saturated heterocycles. The highest BCUT2D eigenvalue weighted by molar-refractivity contribution is 7.91. The summed E-state index contributed by atoms with van der Waals surface area (Å²) in [6.45, 7) is 1.95. The maximum atomic E-state index is 13.4. The lowest BCUT2D eigenvalue weighted by Gasteiger charge is -2.21. The Morgan fingerprint density at radius 3 is 2.26 bits per heavy atom. The lowest BCUT2D eigenvalue weighted by molar-refractivity contribution is -0.116. The summed E-state index contributed by atoms with van der Waals surface area (Å²) in [6, 6.07) is 17.0. The summed E-state index contributed by atoms with van der Waals surface area (Å²) >= 11 is 1.10. The second kappa shape index (κ2) is 10.8. The zero-order valence-corrected chi connectivity index (χ0v) is 20.3. The van der Waals surface area contributed by atoms with Crippen LogP contribution in [-0.4, -0.2) is 33.5 Å². The highest BCUT2D eigenvalue weighted by Crippen LogP contribution is 2.24. The molecule has 0 atom stereocenters. The molecule has 0 unspecified atom stereocenters. The van der Waals surface area contributed by atoms with E-state index in [9.17, 15) is 13.2 Å². The Hall–Kier alpha value is -3.27. The highest BCUT2D eigenvalue weighted by atomic mass is 32.2. The first-order chi connectivity index (χ1) is 16.4. The first-order valence-electron chi connectivity index (χ1n) is 10.7. The summed E-state index contributed by atoms with van der Waals surface area (Å²) in [5, 5.41) is 1.65. The van der Waals surface area contributed by atoms with E-state index < -0.39 is 10.0 Å². The number of sulfonamides is 1. The fourth-order valence-electron chi connectivity index (χ4n) is 3.49. The van der Waals surface area contributed by atoms with E-state index in [2.05, 4.69) is 15.0 Å². The van der Waals surface area contributed by atoms with Crippen LogP contribution in [0.3, 0.4) is 0 Å². The van der Waals surface area contributed by atoms with Crippen LogP contribution in [-0.2, 0) is 34.3 Å². The molecule has 4 rings (SSSR count). The van der Waals surface area contributed by atoms with Crippen molar-refractivity contribution in [2.75, 3.05) is 0 Å². The number of carbonyl (C=O) groups is 1. The summed E-state index contributed by atoms with van der Waals surface area (Å²) < 4.78 is 28.3. The number of carbonyl (C=O) groups excluding carboxylic acids is 1. The van der Waals surface area contributed by atoms with Gasteiger partial charge in [0.2, 0.25) is 4.34 Å². The number of rotatable bonds is 10. The predicted molar refractivity (Wildman–Crippen MR) is 131 cm³/mol. The number of nitrogens with zero attached hydrogens (tertiary/aromatic N) is 4. The fourth-order valence-corrected chi connectivity index (χ4v) is 5.87. The molecular weight excluding hydrogens is 468 g/mol. The third kappa shape index (κ3) is 5.99. The van der Waals surface area contributed by atoms with Crippen LogP contribution in [0.15, 0.2) is 82.9 Å². The molecule has 0 amide bonds. The Morgan fingerprint density at radius 2 is 1.59 bits per heavy atom. The molecular formula is C25H24N4O3S2. The van der Waals surface area contributed by atoms with Crippen molar-refractivity contribution in [2.45, 2.75) is 37.2 Å². The van der Waals surface area contributed by atoms with Gasteiger partial charge in [0, 0.05) is 49.0 Å². The van der Waals surface area contributed by atoms with Gasteiger partial charge in [0.15, 0.2) is 5.82 Å². The number of hydrogen-bond acceptors (Lipinski definition) is 7. The van der Waals surface area contributed by atoms with Gasteiger partial charge >= 0.3 is 0 Å². The van der Waals surface area contributed by atoms with Gasteiger partial charge in [0.25, 0.3) is 10.0 Å². The molecule has 0 fully saturated rings. The average molecular weight is 493 g/mol. The van der Waals surface area contributed by atoms with Crippen molar-refractivity contribution in [1.82, 2.24) is 19.3 Å². The standard InChI is InChI=1S/C25H24N4O3S2/c1-19(30)6-7-20-4-2-5-22(16-20)18-29(34(31,32)25-28-14-15-33-25)17-21-8-10-23(11-9-21)24-26-12-3-13-27-24/h2-5,8-16H,6-7,17-18H2,1H3. The van der Waals surface area contributed by atoms with E-state index in [0.717, 1.165) is 33.6 Å². The van der Waals surface area contributed by atoms with Crippen LogP contribution in [0.5, 0.6) is 0 Å². The van der Waals surface area contributed by atoms with E-state index in [1.165, 1.54) is 10.5 Å². The van der Waals surface area contributed by atoms with Gasteiger partial charge in [-0.3, -0.25) is 0 Å².